The van der Waals surface area contributed by atoms with Crippen molar-refractivity contribution in [2.45, 2.75) is 38.0 Å². The Morgan fingerprint density at radius 3 is 2.95 bits per heavy atom. The van der Waals surface area contributed by atoms with Crippen molar-refractivity contribution >= 4 is 5.78 Å². The summed E-state index contributed by atoms with van der Waals surface area (Å²) >= 11 is 0. The third kappa shape index (κ3) is 1.79. The van der Waals surface area contributed by atoms with Crippen LogP contribution < -0.4 is 0 Å². The normalized spacial score (nSPS) is 20.6. The van der Waals surface area contributed by atoms with E-state index in [4.69, 9.17) is 0 Å². The van der Waals surface area contributed by atoms with E-state index in [0.29, 0.717) is 18.1 Å². The number of carbonyl (C=O) groups excluding carboxylic acids is 1. The van der Waals surface area contributed by atoms with Gasteiger partial charge in [0, 0.05) is 24.1 Å². The number of aryl methyl sites for hydroxylation is 2. The monoisotopic (exact) mass is 263 g/mol. The van der Waals surface area contributed by atoms with Crippen molar-refractivity contribution in [3.8, 4) is 0 Å². The van der Waals surface area contributed by atoms with Crippen LogP contribution in [0.3, 0.4) is 0 Å². The molecule has 2 nitrogen and oxygen atoms in total. The lowest BCUT2D eigenvalue weighted by Crippen LogP contribution is -2.13. The summed E-state index contributed by atoms with van der Waals surface area (Å²) in [5.41, 5.74) is 6.13. The standard InChI is InChI=1S/C18H17NO/c20-17-9-7-13-11-14(6-8-15(13)17)16-5-1-3-12-4-2-10-19-18(12)16/h2,4,6,8,10-11,16H,1,3,5,7,9H2. The molecule has 0 saturated carbocycles. The van der Waals surface area contributed by atoms with Crippen LogP contribution in [0.5, 0.6) is 0 Å². The van der Waals surface area contributed by atoms with E-state index in [-0.39, 0.29) is 0 Å². The molecule has 0 spiro atoms. The molecule has 0 bridgehead atoms. The molecule has 1 atom stereocenters. The Morgan fingerprint density at radius 1 is 1.05 bits per heavy atom. The van der Waals surface area contributed by atoms with Crippen molar-refractivity contribution < 1.29 is 4.79 Å². The number of pyridine rings is 1. The van der Waals surface area contributed by atoms with Crippen molar-refractivity contribution in [3.63, 3.8) is 0 Å². The second-order valence-electron chi connectivity index (χ2n) is 5.83. The number of Topliss-reactive ketones (excluding diaryl/α,β-unsaturated/α-hetero) is 1. The van der Waals surface area contributed by atoms with Gasteiger partial charge in [0.15, 0.2) is 5.78 Å². The zero-order chi connectivity index (χ0) is 13.5. The number of hydrogen-bond acceptors (Lipinski definition) is 2. The molecule has 2 aliphatic rings. The summed E-state index contributed by atoms with van der Waals surface area (Å²) in [5, 5.41) is 0. The number of ketones is 1. The molecule has 1 heterocycles. The summed E-state index contributed by atoms with van der Waals surface area (Å²) in [6.07, 6.45) is 7.01. The lowest BCUT2D eigenvalue weighted by atomic mass is 9.81. The van der Waals surface area contributed by atoms with Gasteiger partial charge in [0.2, 0.25) is 0 Å². The molecule has 1 unspecified atom stereocenters. The fourth-order valence-corrected chi connectivity index (χ4v) is 3.63. The molecular formula is C18H17NO. The van der Waals surface area contributed by atoms with Gasteiger partial charge in [-0.1, -0.05) is 24.3 Å². The zero-order valence-corrected chi connectivity index (χ0v) is 11.4. The molecular weight excluding hydrogens is 246 g/mol. The molecule has 20 heavy (non-hydrogen) atoms. The second kappa shape index (κ2) is 4.55. The quantitative estimate of drug-likeness (QED) is 0.785. The lowest BCUT2D eigenvalue weighted by molar-refractivity contribution is 0.0994. The van der Waals surface area contributed by atoms with Crippen LogP contribution in [0.1, 0.15) is 57.9 Å². The van der Waals surface area contributed by atoms with E-state index < -0.39 is 0 Å². The Balaban J connectivity index is 1.78. The first kappa shape index (κ1) is 11.8. The molecule has 2 heteroatoms. The van der Waals surface area contributed by atoms with Crippen molar-refractivity contribution in [1.82, 2.24) is 4.98 Å². The summed E-state index contributed by atoms with van der Waals surface area (Å²) in [6, 6.07) is 10.6. The van der Waals surface area contributed by atoms with E-state index in [9.17, 15) is 4.79 Å². The largest absolute Gasteiger partial charge is 0.294 e. The molecule has 0 amide bonds. The van der Waals surface area contributed by atoms with Crippen molar-refractivity contribution in [2.75, 3.05) is 0 Å². The van der Waals surface area contributed by atoms with E-state index >= 15 is 0 Å². The van der Waals surface area contributed by atoms with Crippen LogP contribution in [0.4, 0.5) is 0 Å². The molecule has 1 aromatic heterocycles. The van der Waals surface area contributed by atoms with E-state index in [0.717, 1.165) is 24.8 Å². The molecule has 4 rings (SSSR count). The maximum atomic E-state index is 11.7. The maximum Gasteiger partial charge on any atom is 0.163 e. The number of aromatic nitrogens is 1. The molecule has 2 aromatic rings. The Labute approximate surface area is 118 Å². The van der Waals surface area contributed by atoms with E-state index in [2.05, 4.69) is 23.2 Å². The SMILES string of the molecule is O=C1CCc2cc(C3CCCc4cccnc43)ccc21. The molecule has 0 radical (unpaired) electrons. The molecule has 0 aliphatic heterocycles. The van der Waals surface area contributed by atoms with Gasteiger partial charge in [-0.05, 0) is 48.4 Å². The lowest BCUT2D eigenvalue weighted by Gasteiger charge is -2.25. The van der Waals surface area contributed by atoms with E-state index in [1.54, 1.807) is 0 Å². The third-order valence-electron chi connectivity index (χ3n) is 4.65. The third-order valence-corrected chi connectivity index (χ3v) is 4.65. The number of nitrogens with zero attached hydrogens (tertiary/aromatic N) is 1. The highest BCUT2D eigenvalue weighted by molar-refractivity contribution is 6.00. The highest BCUT2D eigenvalue weighted by Crippen LogP contribution is 2.36. The molecule has 0 fully saturated rings. The number of rotatable bonds is 1. The number of carbonyl (C=O) groups is 1. The minimum absolute atomic E-state index is 0.300. The second-order valence-corrected chi connectivity index (χ2v) is 5.83. The average Bonchev–Trinajstić information content (AvgIpc) is 2.87. The molecule has 100 valence electrons. The van der Waals surface area contributed by atoms with Crippen LogP contribution >= 0.6 is 0 Å². The summed E-state index contributed by atoms with van der Waals surface area (Å²) in [6.45, 7) is 0. The minimum atomic E-state index is 0.300. The van der Waals surface area contributed by atoms with Crippen LogP contribution in [0.2, 0.25) is 0 Å². The van der Waals surface area contributed by atoms with Crippen LogP contribution in [0, 0.1) is 0 Å². The summed E-state index contributed by atoms with van der Waals surface area (Å²) in [5.74, 6) is 0.703. The average molecular weight is 263 g/mol. The van der Waals surface area contributed by atoms with Crippen molar-refractivity contribution in [3.05, 3.63) is 64.5 Å². The topological polar surface area (TPSA) is 30.0 Å². The van der Waals surface area contributed by atoms with Crippen molar-refractivity contribution in [2.24, 2.45) is 0 Å². The first-order chi connectivity index (χ1) is 9.83. The van der Waals surface area contributed by atoms with Crippen LogP contribution in [-0.2, 0) is 12.8 Å². The molecule has 0 saturated heterocycles. The smallest absolute Gasteiger partial charge is 0.163 e. The van der Waals surface area contributed by atoms with Crippen LogP contribution in [-0.4, -0.2) is 10.8 Å². The van der Waals surface area contributed by atoms with Gasteiger partial charge in [0.1, 0.15) is 0 Å². The predicted octanol–water partition coefficient (Wildman–Crippen LogP) is 3.68. The fourth-order valence-electron chi connectivity index (χ4n) is 3.63. The minimum Gasteiger partial charge on any atom is -0.294 e. The Hall–Kier alpha value is -1.96. The number of hydrogen-bond donors (Lipinski definition) is 0. The Kier molecular flexibility index (Phi) is 2.69. The van der Waals surface area contributed by atoms with Gasteiger partial charge in [-0.2, -0.15) is 0 Å². The molecule has 0 N–H and O–H groups in total. The van der Waals surface area contributed by atoms with Gasteiger partial charge < -0.3 is 0 Å². The number of fused-ring (bicyclic) bond motifs is 2. The highest BCUT2D eigenvalue weighted by atomic mass is 16.1. The first-order valence-electron chi connectivity index (χ1n) is 7.43. The maximum absolute atomic E-state index is 11.7. The first-order valence-corrected chi connectivity index (χ1v) is 7.43. The number of benzene rings is 1. The molecule has 1 aromatic carbocycles. The Bertz CT molecular complexity index is 690. The van der Waals surface area contributed by atoms with Gasteiger partial charge in [0.05, 0.1) is 5.69 Å². The summed E-state index contributed by atoms with van der Waals surface area (Å²) in [7, 11) is 0. The summed E-state index contributed by atoms with van der Waals surface area (Å²) in [4.78, 5) is 16.4. The van der Waals surface area contributed by atoms with Gasteiger partial charge in [0.25, 0.3) is 0 Å². The van der Waals surface area contributed by atoms with Gasteiger partial charge in [-0.15, -0.1) is 0 Å². The van der Waals surface area contributed by atoms with Gasteiger partial charge >= 0.3 is 0 Å². The molecule has 2 aliphatic carbocycles. The van der Waals surface area contributed by atoms with E-state index in [1.807, 2.05) is 18.3 Å². The van der Waals surface area contributed by atoms with Gasteiger partial charge in [-0.3, -0.25) is 9.78 Å². The Morgan fingerprint density at radius 2 is 2.00 bits per heavy atom. The van der Waals surface area contributed by atoms with Crippen LogP contribution in [0.25, 0.3) is 0 Å². The van der Waals surface area contributed by atoms with Crippen molar-refractivity contribution in [1.29, 1.82) is 0 Å². The predicted molar refractivity (Wildman–Crippen MR) is 78.1 cm³/mol. The highest BCUT2D eigenvalue weighted by Gasteiger charge is 2.25. The fraction of sp³-hybridized carbons (Fsp3) is 0.333. The summed E-state index contributed by atoms with van der Waals surface area (Å²) < 4.78 is 0. The zero-order valence-electron chi connectivity index (χ0n) is 11.4. The van der Waals surface area contributed by atoms with Gasteiger partial charge in [-0.25, -0.2) is 0 Å². The van der Waals surface area contributed by atoms with E-state index in [1.165, 1.54) is 28.8 Å². The van der Waals surface area contributed by atoms with Crippen LogP contribution in [0.15, 0.2) is 36.5 Å².